The zero-order valence-corrected chi connectivity index (χ0v) is 13.3. The second kappa shape index (κ2) is 6.81. The molecule has 0 aromatic heterocycles. The van der Waals surface area contributed by atoms with Gasteiger partial charge in [-0.3, -0.25) is 4.79 Å². The molecular weight excluding hydrogens is 404 g/mol. The van der Waals surface area contributed by atoms with Crippen molar-refractivity contribution >= 4 is 56.0 Å². The Kier molecular flexibility index (Phi) is 6.07. The SMILES string of the molecule is CCN(CCCl)C(=O)c1cc(I)ccc1Br. The van der Waals surface area contributed by atoms with Gasteiger partial charge in [0.05, 0.1) is 5.56 Å². The first-order valence-corrected chi connectivity index (χ1v) is 7.31. The molecule has 1 rings (SSSR count). The molecule has 0 fully saturated rings. The lowest BCUT2D eigenvalue weighted by atomic mass is 10.2. The van der Waals surface area contributed by atoms with Crippen LogP contribution in [0.2, 0.25) is 0 Å². The molecule has 0 saturated heterocycles. The summed E-state index contributed by atoms with van der Waals surface area (Å²) < 4.78 is 1.87. The highest BCUT2D eigenvalue weighted by Gasteiger charge is 2.16. The van der Waals surface area contributed by atoms with Crippen molar-refractivity contribution in [2.24, 2.45) is 0 Å². The first-order valence-electron chi connectivity index (χ1n) is 4.90. The zero-order valence-electron chi connectivity index (χ0n) is 8.84. The number of nitrogens with zero attached hydrogens (tertiary/aromatic N) is 1. The van der Waals surface area contributed by atoms with Crippen LogP contribution in [0, 0.1) is 3.57 Å². The number of halogens is 3. The molecule has 0 bridgehead atoms. The highest BCUT2D eigenvalue weighted by Crippen LogP contribution is 2.21. The van der Waals surface area contributed by atoms with Gasteiger partial charge in [-0.05, 0) is 63.6 Å². The number of carbonyl (C=O) groups excluding carboxylic acids is 1. The maximum absolute atomic E-state index is 12.2. The highest BCUT2D eigenvalue weighted by molar-refractivity contribution is 14.1. The topological polar surface area (TPSA) is 20.3 Å². The second-order valence-corrected chi connectivity index (χ2v) is 5.68. The van der Waals surface area contributed by atoms with Gasteiger partial charge in [-0.15, -0.1) is 11.6 Å². The molecule has 0 unspecified atom stereocenters. The van der Waals surface area contributed by atoms with Crippen molar-refractivity contribution in [3.8, 4) is 0 Å². The molecule has 0 heterocycles. The summed E-state index contributed by atoms with van der Waals surface area (Å²) in [5, 5.41) is 0. The zero-order chi connectivity index (χ0) is 12.1. The van der Waals surface area contributed by atoms with Gasteiger partial charge in [0.1, 0.15) is 0 Å². The summed E-state index contributed by atoms with van der Waals surface area (Å²) in [7, 11) is 0. The molecule has 0 aliphatic rings. The normalized spacial score (nSPS) is 10.2. The Balaban J connectivity index is 2.98. The predicted octanol–water partition coefficient (Wildman–Crippen LogP) is 3.75. The van der Waals surface area contributed by atoms with E-state index in [2.05, 4.69) is 38.5 Å². The summed E-state index contributed by atoms with van der Waals surface area (Å²) in [5.74, 6) is 0.481. The first kappa shape index (κ1) is 14.3. The second-order valence-electron chi connectivity index (χ2n) is 3.20. The minimum absolute atomic E-state index is 0.0218. The van der Waals surface area contributed by atoms with Gasteiger partial charge in [0, 0.05) is 27.0 Å². The molecule has 88 valence electrons. The maximum Gasteiger partial charge on any atom is 0.255 e. The monoisotopic (exact) mass is 415 g/mol. The Morgan fingerprint density at radius 3 is 2.81 bits per heavy atom. The fourth-order valence-corrected chi connectivity index (χ4v) is 2.45. The van der Waals surface area contributed by atoms with Crippen LogP contribution < -0.4 is 0 Å². The van der Waals surface area contributed by atoms with Gasteiger partial charge >= 0.3 is 0 Å². The van der Waals surface area contributed by atoms with E-state index in [9.17, 15) is 4.79 Å². The summed E-state index contributed by atoms with van der Waals surface area (Å²) >= 11 is 11.3. The van der Waals surface area contributed by atoms with Gasteiger partial charge in [-0.2, -0.15) is 0 Å². The number of benzene rings is 1. The molecular formula is C11H12BrClINO. The van der Waals surface area contributed by atoms with Gasteiger partial charge in [0.2, 0.25) is 0 Å². The summed E-state index contributed by atoms with van der Waals surface area (Å²) in [6.45, 7) is 3.20. The Bertz CT molecular complexity index is 386. The van der Waals surface area contributed by atoms with E-state index >= 15 is 0 Å². The number of amides is 1. The van der Waals surface area contributed by atoms with Crippen LogP contribution in [0.1, 0.15) is 17.3 Å². The smallest absolute Gasteiger partial charge is 0.255 e. The summed E-state index contributed by atoms with van der Waals surface area (Å²) in [6, 6.07) is 5.73. The molecule has 1 aromatic rings. The van der Waals surface area contributed by atoms with Crippen molar-refractivity contribution in [2.75, 3.05) is 19.0 Å². The third-order valence-corrected chi connectivity index (χ3v) is 3.71. The Morgan fingerprint density at radius 1 is 1.56 bits per heavy atom. The van der Waals surface area contributed by atoms with Crippen LogP contribution in [-0.2, 0) is 0 Å². The lowest BCUT2D eigenvalue weighted by Crippen LogP contribution is -2.32. The van der Waals surface area contributed by atoms with Crippen molar-refractivity contribution in [1.29, 1.82) is 0 Å². The van der Waals surface area contributed by atoms with Crippen molar-refractivity contribution in [2.45, 2.75) is 6.92 Å². The van der Waals surface area contributed by atoms with Crippen LogP contribution in [-0.4, -0.2) is 29.8 Å². The molecule has 1 amide bonds. The van der Waals surface area contributed by atoms with E-state index in [1.165, 1.54) is 0 Å². The van der Waals surface area contributed by atoms with Crippen LogP contribution >= 0.6 is 50.1 Å². The lowest BCUT2D eigenvalue weighted by Gasteiger charge is -2.20. The molecule has 0 radical (unpaired) electrons. The molecule has 0 aliphatic carbocycles. The van der Waals surface area contributed by atoms with E-state index in [0.717, 1.165) is 8.04 Å². The van der Waals surface area contributed by atoms with Crippen LogP contribution in [0.15, 0.2) is 22.7 Å². The summed E-state index contributed by atoms with van der Waals surface area (Å²) in [6.07, 6.45) is 0. The van der Waals surface area contributed by atoms with E-state index in [1.54, 1.807) is 4.90 Å². The minimum atomic E-state index is 0.0218. The van der Waals surface area contributed by atoms with Crippen molar-refractivity contribution in [1.82, 2.24) is 4.90 Å². The fourth-order valence-electron chi connectivity index (χ4n) is 1.34. The van der Waals surface area contributed by atoms with E-state index in [0.29, 0.717) is 24.5 Å². The molecule has 1 aromatic carbocycles. The number of carbonyl (C=O) groups is 1. The van der Waals surface area contributed by atoms with Crippen LogP contribution in [0.4, 0.5) is 0 Å². The molecule has 0 spiro atoms. The molecule has 16 heavy (non-hydrogen) atoms. The van der Waals surface area contributed by atoms with Gasteiger partial charge in [0.15, 0.2) is 0 Å². The Labute approximate surface area is 123 Å². The van der Waals surface area contributed by atoms with Gasteiger partial charge in [-0.25, -0.2) is 0 Å². The van der Waals surface area contributed by atoms with E-state index < -0.39 is 0 Å². The number of rotatable bonds is 4. The third-order valence-electron chi connectivity index (χ3n) is 2.18. The van der Waals surface area contributed by atoms with Gasteiger partial charge < -0.3 is 4.90 Å². The molecule has 0 atom stereocenters. The molecule has 5 heteroatoms. The third kappa shape index (κ3) is 3.60. The largest absolute Gasteiger partial charge is 0.338 e. The molecule has 0 saturated carbocycles. The quantitative estimate of drug-likeness (QED) is 0.541. The minimum Gasteiger partial charge on any atom is -0.338 e. The van der Waals surface area contributed by atoms with Crippen molar-refractivity contribution < 1.29 is 4.79 Å². The summed E-state index contributed by atoms with van der Waals surface area (Å²) in [4.78, 5) is 13.9. The molecule has 2 nitrogen and oxygen atoms in total. The lowest BCUT2D eigenvalue weighted by molar-refractivity contribution is 0.0773. The number of alkyl halides is 1. The van der Waals surface area contributed by atoms with Crippen molar-refractivity contribution in [3.63, 3.8) is 0 Å². The predicted molar refractivity (Wildman–Crippen MR) is 79.2 cm³/mol. The first-order chi connectivity index (χ1) is 7.60. The Morgan fingerprint density at radius 2 is 2.25 bits per heavy atom. The van der Waals surface area contributed by atoms with Gasteiger partial charge in [-0.1, -0.05) is 0 Å². The highest BCUT2D eigenvalue weighted by atomic mass is 127. The average Bonchev–Trinajstić information content (AvgIpc) is 2.28. The molecule has 0 N–H and O–H groups in total. The number of hydrogen-bond acceptors (Lipinski definition) is 1. The number of hydrogen-bond donors (Lipinski definition) is 0. The Hall–Kier alpha value is 0.190. The van der Waals surface area contributed by atoms with Crippen LogP contribution in [0.3, 0.4) is 0 Å². The van der Waals surface area contributed by atoms with E-state index in [-0.39, 0.29) is 5.91 Å². The average molecular weight is 416 g/mol. The van der Waals surface area contributed by atoms with Crippen molar-refractivity contribution in [3.05, 3.63) is 31.8 Å². The van der Waals surface area contributed by atoms with Crippen LogP contribution in [0.25, 0.3) is 0 Å². The standard InChI is InChI=1S/C11H12BrClINO/c1-2-15(6-5-13)11(16)9-7-8(14)3-4-10(9)12/h3-4,7H,2,5-6H2,1H3. The van der Waals surface area contributed by atoms with E-state index in [1.807, 2.05) is 25.1 Å². The van der Waals surface area contributed by atoms with Crippen LogP contribution in [0.5, 0.6) is 0 Å². The fraction of sp³-hybridized carbons (Fsp3) is 0.364. The van der Waals surface area contributed by atoms with Gasteiger partial charge in [0.25, 0.3) is 5.91 Å². The maximum atomic E-state index is 12.2. The molecule has 0 aliphatic heterocycles. The van der Waals surface area contributed by atoms with E-state index in [4.69, 9.17) is 11.6 Å². The summed E-state index contributed by atoms with van der Waals surface area (Å²) in [5.41, 5.74) is 0.693.